The van der Waals surface area contributed by atoms with Crippen molar-refractivity contribution in [1.82, 2.24) is 24.6 Å². The number of aromatic nitrogens is 4. The molecule has 2 aromatic heterocycles. The number of nitrogens with zero attached hydrogens (tertiary/aromatic N) is 5. The van der Waals surface area contributed by atoms with Crippen molar-refractivity contribution >= 4 is 22.8 Å². The fraction of sp³-hybridized carbons (Fsp3) is 0.739. The third kappa shape index (κ3) is 3.22. The number of piperidine rings is 1. The zero-order valence-corrected chi connectivity index (χ0v) is 17.7. The van der Waals surface area contributed by atoms with E-state index >= 15 is 0 Å². The van der Waals surface area contributed by atoms with Crippen molar-refractivity contribution < 1.29 is 4.79 Å². The number of carbonyl (C=O) groups is 1. The summed E-state index contributed by atoms with van der Waals surface area (Å²) in [4.78, 5) is 24.9. The zero-order valence-electron chi connectivity index (χ0n) is 17.7. The molecule has 7 rings (SSSR count). The van der Waals surface area contributed by atoms with Gasteiger partial charge in [0, 0.05) is 6.54 Å². The van der Waals surface area contributed by atoms with Gasteiger partial charge in [0.05, 0.1) is 23.5 Å². The van der Waals surface area contributed by atoms with Crippen LogP contribution < -0.4 is 5.32 Å². The van der Waals surface area contributed by atoms with E-state index in [0.29, 0.717) is 5.82 Å². The third-order valence-electron chi connectivity index (χ3n) is 8.26. The molecule has 0 spiro atoms. The van der Waals surface area contributed by atoms with Crippen molar-refractivity contribution in [2.75, 3.05) is 25.0 Å². The lowest BCUT2D eigenvalue weighted by Gasteiger charge is -2.55. The molecule has 1 N–H and O–H groups in total. The molecule has 4 aliphatic carbocycles. The van der Waals surface area contributed by atoms with Gasteiger partial charge in [0.2, 0.25) is 5.91 Å². The number of rotatable bonds is 5. The van der Waals surface area contributed by atoms with Crippen molar-refractivity contribution in [1.29, 1.82) is 0 Å². The van der Waals surface area contributed by atoms with Crippen LogP contribution in [0.4, 0.5) is 5.82 Å². The van der Waals surface area contributed by atoms with E-state index < -0.39 is 0 Å². The van der Waals surface area contributed by atoms with Gasteiger partial charge in [0.15, 0.2) is 5.65 Å². The first kappa shape index (κ1) is 18.7. The third-order valence-corrected chi connectivity index (χ3v) is 8.26. The van der Waals surface area contributed by atoms with E-state index in [1.807, 2.05) is 10.9 Å². The number of carbonyl (C=O) groups excluding carboxylic acids is 1. The van der Waals surface area contributed by atoms with Gasteiger partial charge in [-0.05, 0) is 82.2 Å². The Morgan fingerprint density at radius 2 is 1.70 bits per heavy atom. The summed E-state index contributed by atoms with van der Waals surface area (Å²) in [6.07, 6.45) is 14.5. The smallest absolute Gasteiger partial charge is 0.231 e. The Kier molecular flexibility index (Phi) is 4.55. The second kappa shape index (κ2) is 7.29. The monoisotopic (exact) mass is 408 g/mol. The number of anilines is 1. The molecule has 1 saturated heterocycles. The maximum Gasteiger partial charge on any atom is 0.231 e. The molecule has 1 amide bonds. The van der Waals surface area contributed by atoms with Crippen LogP contribution in [0.25, 0.3) is 11.0 Å². The van der Waals surface area contributed by atoms with E-state index in [1.165, 1.54) is 51.6 Å². The van der Waals surface area contributed by atoms with E-state index in [4.69, 9.17) is 0 Å². The topological polar surface area (TPSA) is 75.9 Å². The van der Waals surface area contributed by atoms with Gasteiger partial charge in [-0.3, -0.25) is 4.79 Å². The Balaban J connectivity index is 1.20. The number of fused-ring (bicyclic) bond motifs is 1. The van der Waals surface area contributed by atoms with Gasteiger partial charge in [-0.2, -0.15) is 5.10 Å². The summed E-state index contributed by atoms with van der Waals surface area (Å²) in [5.41, 5.74) is 0.652. The SMILES string of the molecule is O=C(Nc1ncnc2c1cnn2CCN1CCCCC1)C12CC3CC(CC(C3)C1)C2. The predicted molar refractivity (Wildman–Crippen MR) is 115 cm³/mol. The molecule has 5 aliphatic rings. The fourth-order valence-electron chi connectivity index (χ4n) is 7.20. The molecule has 4 saturated carbocycles. The van der Waals surface area contributed by atoms with Crippen molar-refractivity contribution in [3.63, 3.8) is 0 Å². The van der Waals surface area contributed by atoms with Crippen LogP contribution in [0, 0.1) is 23.2 Å². The second-order valence-electron chi connectivity index (χ2n) is 10.4. The van der Waals surface area contributed by atoms with E-state index in [2.05, 4.69) is 25.3 Å². The Labute approximate surface area is 177 Å². The molecular formula is C23H32N6O. The van der Waals surface area contributed by atoms with Crippen LogP contribution in [-0.4, -0.2) is 50.2 Å². The quantitative estimate of drug-likeness (QED) is 0.820. The summed E-state index contributed by atoms with van der Waals surface area (Å²) < 4.78 is 1.96. The fourth-order valence-corrected chi connectivity index (χ4v) is 7.20. The van der Waals surface area contributed by atoms with Crippen molar-refractivity contribution in [3.05, 3.63) is 12.5 Å². The highest BCUT2D eigenvalue weighted by Crippen LogP contribution is 2.60. The average molecular weight is 409 g/mol. The van der Waals surface area contributed by atoms with Gasteiger partial charge >= 0.3 is 0 Å². The summed E-state index contributed by atoms with van der Waals surface area (Å²) >= 11 is 0. The van der Waals surface area contributed by atoms with Gasteiger partial charge in [0.25, 0.3) is 0 Å². The van der Waals surface area contributed by atoms with Crippen LogP contribution in [0.3, 0.4) is 0 Å². The number of amides is 1. The normalized spacial score (nSPS) is 33.3. The minimum Gasteiger partial charge on any atom is -0.309 e. The van der Waals surface area contributed by atoms with Crippen molar-refractivity contribution in [2.24, 2.45) is 23.2 Å². The number of likely N-dealkylation sites (tertiary alicyclic amines) is 1. The Morgan fingerprint density at radius 1 is 1.00 bits per heavy atom. The lowest BCUT2D eigenvalue weighted by atomic mass is 9.49. The van der Waals surface area contributed by atoms with E-state index in [1.54, 1.807) is 6.33 Å². The van der Waals surface area contributed by atoms with Gasteiger partial charge in [-0.25, -0.2) is 14.6 Å². The molecular weight excluding hydrogens is 376 g/mol. The Morgan fingerprint density at radius 3 is 2.40 bits per heavy atom. The molecule has 7 nitrogen and oxygen atoms in total. The largest absolute Gasteiger partial charge is 0.309 e. The summed E-state index contributed by atoms with van der Waals surface area (Å²) in [6, 6.07) is 0. The van der Waals surface area contributed by atoms with Crippen LogP contribution in [0.5, 0.6) is 0 Å². The number of hydrogen-bond donors (Lipinski definition) is 1. The van der Waals surface area contributed by atoms with Gasteiger partial charge in [0.1, 0.15) is 12.1 Å². The summed E-state index contributed by atoms with van der Waals surface area (Å²) in [5.74, 6) is 3.08. The molecule has 0 aromatic carbocycles. The van der Waals surface area contributed by atoms with E-state index in [0.717, 1.165) is 61.1 Å². The first-order valence-electron chi connectivity index (χ1n) is 11.9. The maximum atomic E-state index is 13.4. The Hall–Kier alpha value is -2.02. The predicted octanol–water partition coefficient (Wildman–Crippen LogP) is 3.47. The zero-order chi connectivity index (χ0) is 20.1. The molecule has 5 fully saturated rings. The summed E-state index contributed by atoms with van der Waals surface area (Å²) in [7, 11) is 0. The molecule has 0 radical (unpaired) electrons. The van der Waals surface area contributed by atoms with Gasteiger partial charge in [-0.1, -0.05) is 6.42 Å². The lowest BCUT2D eigenvalue weighted by molar-refractivity contribution is -0.140. The van der Waals surface area contributed by atoms with Crippen molar-refractivity contribution in [2.45, 2.75) is 64.3 Å². The number of nitrogens with one attached hydrogen (secondary N) is 1. The molecule has 7 heteroatoms. The molecule has 0 unspecified atom stereocenters. The van der Waals surface area contributed by atoms with Crippen molar-refractivity contribution in [3.8, 4) is 0 Å². The standard InChI is InChI=1S/C23H32N6O/c30-22(23-11-16-8-17(12-23)10-18(9-16)13-23)27-20-19-14-26-29(21(19)25-15-24-20)7-6-28-4-2-1-3-5-28/h14-18H,1-13H2,(H,24,25,27,30). The van der Waals surface area contributed by atoms with Crippen LogP contribution in [0.15, 0.2) is 12.5 Å². The van der Waals surface area contributed by atoms with Crippen LogP contribution in [0.2, 0.25) is 0 Å². The second-order valence-corrected chi connectivity index (χ2v) is 10.4. The van der Waals surface area contributed by atoms with E-state index in [9.17, 15) is 4.79 Å². The highest BCUT2D eigenvalue weighted by atomic mass is 16.2. The minimum absolute atomic E-state index is 0.170. The summed E-state index contributed by atoms with van der Waals surface area (Å²) in [6.45, 7) is 4.18. The minimum atomic E-state index is -0.170. The lowest BCUT2D eigenvalue weighted by Crippen LogP contribution is -2.51. The molecule has 30 heavy (non-hydrogen) atoms. The molecule has 1 aliphatic heterocycles. The van der Waals surface area contributed by atoms with Gasteiger partial charge < -0.3 is 10.2 Å². The highest BCUT2D eigenvalue weighted by molar-refractivity contribution is 6.01. The first-order valence-corrected chi connectivity index (χ1v) is 11.9. The molecule has 2 aromatic rings. The van der Waals surface area contributed by atoms with Crippen LogP contribution in [0.1, 0.15) is 57.8 Å². The van der Waals surface area contributed by atoms with Gasteiger partial charge in [-0.15, -0.1) is 0 Å². The summed E-state index contributed by atoms with van der Waals surface area (Å²) in [5, 5.41) is 8.64. The molecule has 4 bridgehead atoms. The number of hydrogen-bond acceptors (Lipinski definition) is 5. The van der Waals surface area contributed by atoms with Crippen LogP contribution in [-0.2, 0) is 11.3 Å². The molecule has 0 atom stereocenters. The molecule has 160 valence electrons. The first-order chi connectivity index (χ1) is 14.7. The van der Waals surface area contributed by atoms with Crippen LogP contribution >= 0.6 is 0 Å². The molecule has 3 heterocycles. The van der Waals surface area contributed by atoms with E-state index in [-0.39, 0.29) is 11.3 Å². The highest BCUT2D eigenvalue weighted by Gasteiger charge is 2.54. The average Bonchev–Trinajstić information content (AvgIpc) is 3.16. The maximum absolute atomic E-state index is 13.4. The Bertz CT molecular complexity index is 911.